The number of benzene rings is 5. The van der Waals surface area contributed by atoms with Crippen LogP contribution in [0.2, 0.25) is 0 Å². The van der Waals surface area contributed by atoms with Gasteiger partial charge in [-0.1, -0.05) is 80.6 Å². The summed E-state index contributed by atoms with van der Waals surface area (Å²) in [5.41, 5.74) is 5.60. The lowest BCUT2D eigenvalue weighted by atomic mass is 9.76. The predicted octanol–water partition coefficient (Wildman–Crippen LogP) is 10.2. The van der Waals surface area contributed by atoms with Gasteiger partial charge in [0.25, 0.3) is 0 Å². The van der Waals surface area contributed by atoms with E-state index in [4.69, 9.17) is 18.9 Å². The Balaban J connectivity index is 1.26. The molecule has 1 atom stereocenters. The van der Waals surface area contributed by atoms with Gasteiger partial charge < -0.3 is 23.8 Å². The molecule has 302 valence electrons. The summed E-state index contributed by atoms with van der Waals surface area (Å²) in [6.45, 7) is 7.00. The van der Waals surface area contributed by atoms with Crippen molar-refractivity contribution in [3.8, 4) is 39.8 Å². The number of ether oxygens (including phenoxy) is 4. The Morgan fingerprint density at radius 2 is 1.29 bits per heavy atom. The number of hydrogen-bond acceptors (Lipinski definition) is 8. The largest absolute Gasteiger partial charge is 0.493 e. The maximum Gasteiger partial charge on any atom is 0.451 e. The Kier molecular flexibility index (Phi) is 8.92. The summed E-state index contributed by atoms with van der Waals surface area (Å²) in [5, 5.41) is 1.64. The molecule has 0 radical (unpaired) electrons. The smallest absolute Gasteiger partial charge is 0.451 e. The molecule has 0 amide bonds. The van der Waals surface area contributed by atoms with Crippen LogP contribution >= 0.6 is 0 Å². The average molecular weight is 811 g/mol. The third-order valence-electron chi connectivity index (χ3n) is 11.4. The number of fused-ring (bicyclic) bond motifs is 8. The topological polar surface area (TPSA) is 78.8 Å². The summed E-state index contributed by atoms with van der Waals surface area (Å²) >= 11 is 0. The van der Waals surface area contributed by atoms with Gasteiger partial charge in [-0.3, -0.25) is 0 Å². The van der Waals surface area contributed by atoms with E-state index in [2.05, 4.69) is 45.8 Å². The minimum Gasteiger partial charge on any atom is -0.493 e. The zero-order valence-electron chi connectivity index (χ0n) is 32.3. The van der Waals surface area contributed by atoms with Crippen LogP contribution in [0, 0.1) is 0 Å². The first kappa shape index (κ1) is 38.4. The van der Waals surface area contributed by atoms with Gasteiger partial charge in [-0.05, 0) is 58.0 Å². The van der Waals surface area contributed by atoms with E-state index in [1.54, 1.807) is 26.4 Å². The Morgan fingerprint density at radius 3 is 1.88 bits per heavy atom. The third-order valence-corrected chi connectivity index (χ3v) is 11.4. The quantitative estimate of drug-likeness (QED) is 0.154. The monoisotopic (exact) mass is 810 g/mol. The molecule has 3 aliphatic rings. The molecule has 14 heteroatoms. The van der Waals surface area contributed by atoms with Crippen LogP contribution in [0.15, 0.2) is 91.0 Å². The van der Waals surface area contributed by atoms with Crippen LogP contribution in [-0.4, -0.2) is 55.5 Å². The molecular formula is C45H36F6N4O4. The van der Waals surface area contributed by atoms with Gasteiger partial charge in [-0.15, -0.1) is 0 Å². The van der Waals surface area contributed by atoms with Gasteiger partial charge >= 0.3 is 12.4 Å². The molecule has 1 aromatic heterocycles. The molecule has 0 saturated carbocycles. The summed E-state index contributed by atoms with van der Waals surface area (Å²) in [7, 11) is 3.14. The number of anilines is 1. The second-order valence-corrected chi connectivity index (χ2v) is 15.1. The van der Waals surface area contributed by atoms with Crippen molar-refractivity contribution in [2.24, 2.45) is 0 Å². The lowest BCUT2D eigenvalue weighted by Crippen LogP contribution is -2.37. The molecule has 3 heterocycles. The fourth-order valence-corrected chi connectivity index (χ4v) is 8.62. The van der Waals surface area contributed by atoms with Gasteiger partial charge in [-0.25, -0.2) is 15.0 Å². The van der Waals surface area contributed by atoms with Crippen LogP contribution in [0.4, 0.5) is 32.0 Å². The number of hydrogen-bond donors (Lipinski definition) is 0. The van der Waals surface area contributed by atoms with Gasteiger partial charge in [-0.2, -0.15) is 26.3 Å². The van der Waals surface area contributed by atoms with E-state index >= 15 is 0 Å². The van der Waals surface area contributed by atoms with Crippen molar-refractivity contribution in [3.05, 3.63) is 130 Å². The first-order valence-corrected chi connectivity index (χ1v) is 18.8. The summed E-state index contributed by atoms with van der Waals surface area (Å²) in [6, 6.07) is 26.0. The fraction of sp³-hybridized carbons (Fsp3) is 0.267. The molecule has 5 aromatic carbocycles. The summed E-state index contributed by atoms with van der Waals surface area (Å²) < 4.78 is 107. The van der Waals surface area contributed by atoms with E-state index in [1.165, 1.54) is 12.1 Å². The minimum absolute atomic E-state index is 0.0789. The predicted molar refractivity (Wildman–Crippen MR) is 210 cm³/mol. The van der Waals surface area contributed by atoms with E-state index in [0.29, 0.717) is 36.0 Å². The van der Waals surface area contributed by atoms with Crippen LogP contribution in [0.5, 0.6) is 17.2 Å². The molecule has 0 spiro atoms. The number of alkyl halides is 6. The Labute approximate surface area is 335 Å². The van der Waals surface area contributed by atoms with Crippen molar-refractivity contribution < 1.29 is 45.3 Å². The Hall–Kier alpha value is -6.15. The Morgan fingerprint density at radius 1 is 0.712 bits per heavy atom. The normalized spacial score (nSPS) is 18.2. The lowest BCUT2D eigenvalue weighted by Gasteiger charge is -2.39. The highest BCUT2D eigenvalue weighted by atomic mass is 19.4. The summed E-state index contributed by atoms with van der Waals surface area (Å²) in [4.78, 5) is 11.7. The van der Waals surface area contributed by atoms with E-state index in [-0.39, 0.29) is 5.56 Å². The second-order valence-electron chi connectivity index (χ2n) is 15.1. The molecule has 1 fully saturated rings. The van der Waals surface area contributed by atoms with Crippen molar-refractivity contribution in [2.45, 2.75) is 37.2 Å². The summed E-state index contributed by atoms with van der Waals surface area (Å²) in [6.07, 6.45) is -6.49. The molecule has 6 aromatic rings. The summed E-state index contributed by atoms with van der Waals surface area (Å²) in [5.74, 6) is -3.07. The zero-order chi connectivity index (χ0) is 41.5. The molecule has 8 nitrogen and oxygen atoms in total. The van der Waals surface area contributed by atoms with Crippen molar-refractivity contribution >= 4 is 22.5 Å². The highest BCUT2D eigenvalue weighted by Crippen LogP contribution is 2.59. The third kappa shape index (κ3) is 6.23. The first-order chi connectivity index (χ1) is 28.1. The number of nitrogens with zero attached hydrogens (tertiary/aromatic N) is 4. The first-order valence-electron chi connectivity index (χ1n) is 18.8. The van der Waals surface area contributed by atoms with Crippen LogP contribution in [0.1, 0.15) is 53.3 Å². The van der Waals surface area contributed by atoms with Gasteiger partial charge in [0.15, 0.2) is 22.9 Å². The van der Waals surface area contributed by atoms with Crippen molar-refractivity contribution in [1.29, 1.82) is 0 Å². The molecule has 1 unspecified atom stereocenters. The number of rotatable bonds is 6. The van der Waals surface area contributed by atoms with E-state index in [0.717, 1.165) is 62.9 Å². The number of aromatic nitrogens is 3. The van der Waals surface area contributed by atoms with E-state index < -0.39 is 40.8 Å². The fourth-order valence-electron chi connectivity index (χ4n) is 8.62. The molecule has 0 N–H and O–H groups in total. The van der Waals surface area contributed by atoms with Gasteiger partial charge in [0.1, 0.15) is 5.75 Å². The molecular weight excluding hydrogens is 775 g/mol. The molecule has 1 aliphatic carbocycles. The SMILES string of the molecule is COc1cc2c3c(c4c(c2cc1OC)-c1ccccc1C4(C)C)C=CC(c1ccc(-c2nc(C(F)(F)F)nc(C(F)(F)F)n2)cc1)(c1ccc(N2CCOCC2)cc1)O3. The van der Waals surface area contributed by atoms with Crippen molar-refractivity contribution in [3.63, 3.8) is 0 Å². The standard InChI is InChI=1S/C45H36F6N4O4/c1-42(2)33-8-6-5-7-29(33)36-31-23-34(56-3)35(57-4)24-32(31)38-30(37(36)42)17-18-43(59-38,27-13-15-28(16-14-27)55-19-21-58-22-20-55)26-11-9-25(10-12-26)39-52-40(44(46,47)48)54-41(53-39)45(49,50)51/h5-18,23-24H,19-22H2,1-4H3. The van der Waals surface area contributed by atoms with E-state index in [1.807, 2.05) is 60.7 Å². The van der Waals surface area contributed by atoms with E-state index in [9.17, 15) is 26.3 Å². The van der Waals surface area contributed by atoms with Crippen LogP contribution in [-0.2, 0) is 28.1 Å². The molecule has 9 rings (SSSR count). The molecule has 59 heavy (non-hydrogen) atoms. The van der Waals surface area contributed by atoms with Crippen LogP contribution in [0.25, 0.3) is 39.4 Å². The lowest BCUT2D eigenvalue weighted by molar-refractivity contribution is -0.155. The van der Waals surface area contributed by atoms with Crippen LogP contribution < -0.4 is 19.1 Å². The van der Waals surface area contributed by atoms with Gasteiger partial charge in [0.05, 0.1) is 27.4 Å². The van der Waals surface area contributed by atoms with Gasteiger partial charge in [0.2, 0.25) is 11.6 Å². The zero-order valence-corrected chi connectivity index (χ0v) is 32.3. The number of halogens is 6. The average Bonchev–Trinajstić information content (AvgIpc) is 3.49. The molecule has 2 aliphatic heterocycles. The highest BCUT2D eigenvalue weighted by molar-refractivity contribution is 6.09. The minimum atomic E-state index is -5.24. The molecule has 1 saturated heterocycles. The Bertz CT molecular complexity index is 2620. The second kappa shape index (κ2) is 13.7. The van der Waals surface area contributed by atoms with Gasteiger partial charge in [0, 0.05) is 51.8 Å². The number of morpholine rings is 1. The molecule has 0 bridgehead atoms. The maximum atomic E-state index is 13.7. The van der Waals surface area contributed by atoms with Crippen molar-refractivity contribution in [1.82, 2.24) is 15.0 Å². The van der Waals surface area contributed by atoms with Crippen LogP contribution in [0.3, 0.4) is 0 Å². The number of methoxy groups -OCH3 is 2. The maximum absolute atomic E-state index is 13.7. The highest BCUT2D eigenvalue weighted by Gasteiger charge is 2.45. The van der Waals surface area contributed by atoms with Crippen molar-refractivity contribution in [2.75, 3.05) is 45.4 Å².